The summed E-state index contributed by atoms with van der Waals surface area (Å²) < 4.78 is 7.06. The highest BCUT2D eigenvalue weighted by atomic mass is 35.5. The van der Waals surface area contributed by atoms with Crippen LogP contribution in [0, 0.1) is 6.92 Å². The molecule has 0 bridgehead atoms. The van der Waals surface area contributed by atoms with Gasteiger partial charge in [0.15, 0.2) is 5.82 Å². The minimum atomic E-state index is 0.484. The lowest BCUT2D eigenvalue weighted by atomic mass is 10.2. The Hall–Kier alpha value is -2.21. The van der Waals surface area contributed by atoms with Crippen LogP contribution in [0.3, 0.4) is 0 Å². The van der Waals surface area contributed by atoms with Crippen molar-refractivity contribution in [2.75, 3.05) is 0 Å². The number of hydrogen-bond acceptors (Lipinski definition) is 5. The molecule has 21 heavy (non-hydrogen) atoms. The minimum Gasteiger partial charge on any atom is -0.339 e. The highest BCUT2D eigenvalue weighted by Crippen LogP contribution is 2.16. The first-order valence-corrected chi connectivity index (χ1v) is 6.99. The molecule has 3 rings (SSSR count). The smallest absolute Gasteiger partial charge is 0.228 e. The van der Waals surface area contributed by atoms with E-state index in [0.29, 0.717) is 36.3 Å². The molecule has 0 aliphatic rings. The van der Waals surface area contributed by atoms with E-state index in [2.05, 4.69) is 20.2 Å². The summed E-state index contributed by atoms with van der Waals surface area (Å²) in [6.45, 7) is 2.61. The number of nitrogens with zero attached hydrogens (tertiary/aromatic N) is 5. The standard InChI is InChI=1S/C14H14ClN5O/c1-10-3-4-11(14(15)17-10)9-12-18-13(21-19-12)5-8-20-7-2-6-16-20/h2-4,6-7H,5,8-9H2,1H3. The van der Waals surface area contributed by atoms with E-state index in [1.807, 2.05) is 36.0 Å². The van der Waals surface area contributed by atoms with Gasteiger partial charge in [0.1, 0.15) is 5.15 Å². The lowest BCUT2D eigenvalue weighted by Crippen LogP contribution is -2.02. The van der Waals surface area contributed by atoms with Gasteiger partial charge in [0, 0.05) is 37.5 Å². The van der Waals surface area contributed by atoms with Crippen LogP contribution in [0.4, 0.5) is 0 Å². The maximum absolute atomic E-state index is 6.11. The van der Waals surface area contributed by atoms with Crippen molar-refractivity contribution in [1.29, 1.82) is 0 Å². The van der Waals surface area contributed by atoms with Crippen molar-refractivity contribution in [1.82, 2.24) is 24.9 Å². The van der Waals surface area contributed by atoms with Crippen molar-refractivity contribution >= 4 is 11.6 Å². The average Bonchev–Trinajstić information content (AvgIpc) is 3.11. The second-order valence-electron chi connectivity index (χ2n) is 4.70. The number of hydrogen-bond donors (Lipinski definition) is 0. The monoisotopic (exact) mass is 303 g/mol. The lowest BCUT2D eigenvalue weighted by molar-refractivity contribution is 0.365. The summed E-state index contributed by atoms with van der Waals surface area (Å²) in [7, 11) is 0. The Kier molecular flexibility index (Phi) is 3.96. The Morgan fingerprint density at radius 3 is 2.95 bits per heavy atom. The summed E-state index contributed by atoms with van der Waals surface area (Å²) in [6, 6.07) is 5.73. The molecule has 7 heteroatoms. The van der Waals surface area contributed by atoms with E-state index in [4.69, 9.17) is 16.1 Å². The van der Waals surface area contributed by atoms with Gasteiger partial charge < -0.3 is 4.52 Å². The van der Waals surface area contributed by atoms with Gasteiger partial charge in [-0.05, 0) is 24.6 Å². The van der Waals surface area contributed by atoms with Crippen LogP contribution in [0.5, 0.6) is 0 Å². The Balaban J connectivity index is 1.64. The van der Waals surface area contributed by atoms with Crippen LogP contribution in [0.15, 0.2) is 35.1 Å². The molecule has 0 amide bonds. The summed E-state index contributed by atoms with van der Waals surface area (Å²) in [4.78, 5) is 8.58. The van der Waals surface area contributed by atoms with Crippen LogP contribution < -0.4 is 0 Å². The number of aromatic nitrogens is 5. The molecular formula is C14H14ClN5O. The van der Waals surface area contributed by atoms with E-state index in [-0.39, 0.29) is 0 Å². The Morgan fingerprint density at radius 2 is 2.19 bits per heavy atom. The Morgan fingerprint density at radius 1 is 1.29 bits per heavy atom. The van der Waals surface area contributed by atoms with Crippen molar-refractivity contribution in [2.24, 2.45) is 0 Å². The third-order valence-corrected chi connectivity index (χ3v) is 3.37. The number of pyridine rings is 1. The highest BCUT2D eigenvalue weighted by molar-refractivity contribution is 6.30. The highest BCUT2D eigenvalue weighted by Gasteiger charge is 2.10. The maximum Gasteiger partial charge on any atom is 0.228 e. The SMILES string of the molecule is Cc1ccc(Cc2noc(CCn3cccn3)n2)c(Cl)n1. The number of rotatable bonds is 5. The first kappa shape index (κ1) is 13.8. The van der Waals surface area contributed by atoms with Crippen LogP contribution in [0.1, 0.15) is 23.0 Å². The molecule has 3 aromatic rings. The van der Waals surface area contributed by atoms with E-state index >= 15 is 0 Å². The second-order valence-corrected chi connectivity index (χ2v) is 5.06. The fourth-order valence-electron chi connectivity index (χ4n) is 1.96. The quantitative estimate of drug-likeness (QED) is 0.677. The summed E-state index contributed by atoms with van der Waals surface area (Å²) in [5.74, 6) is 1.20. The zero-order valence-electron chi connectivity index (χ0n) is 11.5. The van der Waals surface area contributed by atoms with Crippen LogP contribution in [0.2, 0.25) is 5.15 Å². The molecule has 0 atom stereocenters. The topological polar surface area (TPSA) is 69.6 Å². The van der Waals surface area contributed by atoms with E-state index in [1.54, 1.807) is 6.20 Å². The molecule has 6 nitrogen and oxygen atoms in total. The Bertz CT molecular complexity index is 723. The van der Waals surface area contributed by atoms with Crippen LogP contribution in [-0.2, 0) is 19.4 Å². The Labute approximate surface area is 126 Å². The largest absolute Gasteiger partial charge is 0.339 e. The van der Waals surface area contributed by atoms with Gasteiger partial charge in [-0.3, -0.25) is 4.68 Å². The molecule has 0 aliphatic heterocycles. The average molecular weight is 304 g/mol. The van der Waals surface area contributed by atoms with E-state index in [9.17, 15) is 0 Å². The van der Waals surface area contributed by atoms with Gasteiger partial charge in [0.25, 0.3) is 0 Å². The normalized spacial score (nSPS) is 11.0. The van der Waals surface area contributed by atoms with Crippen molar-refractivity contribution in [3.63, 3.8) is 0 Å². The predicted molar refractivity (Wildman–Crippen MR) is 77.0 cm³/mol. The number of aryl methyl sites for hydroxylation is 3. The summed E-state index contributed by atoms with van der Waals surface area (Å²) in [5.41, 5.74) is 1.78. The van der Waals surface area contributed by atoms with E-state index in [1.165, 1.54) is 0 Å². The molecule has 3 aromatic heterocycles. The summed E-state index contributed by atoms with van der Waals surface area (Å²) >= 11 is 6.11. The van der Waals surface area contributed by atoms with Gasteiger partial charge >= 0.3 is 0 Å². The van der Waals surface area contributed by atoms with Gasteiger partial charge in [0.2, 0.25) is 5.89 Å². The van der Waals surface area contributed by atoms with Crippen LogP contribution in [0.25, 0.3) is 0 Å². The molecule has 108 valence electrons. The summed E-state index contributed by atoms with van der Waals surface area (Å²) in [6.07, 6.45) is 4.80. The fourth-order valence-corrected chi connectivity index (χ4v) is 2.23. The molecular weight excluding hydrogens is 290 g/mol. The van der Waals surface area contributed by atoms with Gasteiger partial charge in [0.05, 0.1) is 0 Å². The first-order chi connectivity index (χ1) is 10.2. The second kappa shape index (κ2) is 6.05. The van der Waals surface area contributed by atoms with Crippen molar-refractivity contribution in [3.8, 4) is 0 Å². The van der Waals surface area contributed by atoms with Gasteiger partial charge in [-0.25, -0.2) is 4.98 Å². The van der Waals surface area contributed by atoms with Gasteiger partial charge in [-0.1, -0.05) is 22.8 Å². The van der Waals surface area contributed by atoms with Gasteiger partial charge in [-0.2, -0.15) is 10.1 Å². The zero-order valence-corrected chi connectivity index (χ0v) is 12.3. The molecule has 0 aromatic carbocycles. The molecule has 0 aliphatic carbocycles. The lowest BCUT2D eigenvalue weighted by Gasteiger charge is -2.00. The molecule has 0 saturated carbocycles. The third-order valence-electron chi connectivity index (χ3n) is 3.04. The number of halogens is 1. The van der Waals surface area contributed by atoms with E-state index < -0.39 is 0 Å². The molecule has 0 saturated heterocycles. The molecule has 0 spiro atoms. The van der Waals surface area contributed by atoms with Crippen molar-refractivity contribution in [2.45, 2.75) is 26.3 Å². The predicted octanol–water partition coefficient (Wildman–Crippen LogP) is 2.46. The van der Waals surface area contributed by atoms with E-state index in [0.717, 1.165) is 11.3 Å². The van der Waals surface area contributed by atoms with Gasteiger partial charge in [-0.15, -0.1) is 0 Å². The van der Waals surface area contributed by atoms with Crippen molar-refractivity contribution < 1.29 is 4.52 Å². The first-order valence-electron chi connectivity index (χ1n) is 6.61. The molecule has 0 N–H and O–H groups in total. The molecule has 0 fully saturated rings. The van der Waals surface area contributed by atoms with Crippen LogP contribution >= 0.6 is 11.6 Å². The third kappa shape index (κ3) is 3.46. The fraction of sp³-hybridized carbons (Fsp3) is 0.286. The maximum atomic E-state index is 6.11. The zero-order chi connectivity index (χ0) is 14.7. The van der Waals surface area contributed by atoms with Crippen LogP contribution in [-0.4, -0.2) is 24.9 Å². The molecule has 3 heterocycles. The minimum absolute atomic E-state index is 0.484. The molecule has 0 radical (unpaired) electrons. The molecule has 0 unspecified atom stereocenters. The summed E-state index contributed by atoms with van der Waals surface area (Å²) in [5, 5.41) is 8.58. The van der Waals surface area contributed by atoms with Crippen molar-refractivity contribution in [3.05, 3.63) is 58.7 Å².